The third kappa shape index (κ3) is 3.36. The fourth-order valence-corrected chi connectivity index (χ4v) is 3.63. The van der Waals surface area contributed by atoms with E-state index in [0.29, 0.717) is 38.0 Å². The molecule has 1 aromatic heterocycles. The topological polar surface area (TPSA) is 73.8 Å². The van der Waals surface area contributed by atoms with Gasteiger partial charge in [-0.05, 0) is 31.4 Å². The quantitative estimate of drug-likeness (QED) is 0.806. The maximum absolute atomic E-state index is 12.8. The summed E-state index contributed by atoms with van der Waals surface area (Å²) in [5.41, 5.74) is 0.226. The summed E-state index contributed by atoms with van der Waals surface area (Å²) in [5, 5.41) is 0. The van der Waals surface area contributed by atoms with Crippen molar-refractivity contribution in [3.63, 3.8) is 0 Å². The molecule has 134 valence electrons. The number of carbonyl (C=O) groups excluding carboxylic acids is 3. The van der Waals surface area contributed by atoms with E-state index in [2.05, 4.69) is 4.98 Å². The molecule has 0 aromatic carbocycles. The largest absolute Gasteiger partial charge is 0.347 e. The smallest absolute Gasteiger partial charge is 0.253 e. The molecule has 0 aliphatic carbocycles. The van der Waals surface area contributed by atoms with Gasteiger partial charge < -0.3 is 14.7 Å². The average Bonchev–Trinajstić information content (AvgIpc) is 2.92. The number of hydrogen-bond acceptors (Lipinski definition) is 4. The summed E-state index contributed by atoms with van der Waals surface area (Å²) >= 11 is 0. The van der Waals surface area contributed by atoms with Gasteiger partial charge in [0.25, 0.3) is 5.91 Å². The highest BCUT2D eigenvalue weighted by molar-refractivity contribution is 5.94. The minimum Gasteiger partial charge on any atom is -0.347 e. The number of pyridine rings is 1. The van der Waals surface area contributed by atoms with E-state index in [1.165, 1.54) is 4.90 Å². The normalized spacial score (nSPS) is 19.4. The Labute approximate surface area is 147 Å². The Balaban J connectivity index is 1.61. The molecule has 7 heteroatoms. The van der Waals surface area contributed by atoms with E-state index in [1.807, 2.05) is 4.90 Å². The number of hydrogen-bond donors (Lipinski definition) is 0. The molecular formula is C18H24N4O3. The van der Waals surface area contributed by atoms with Gasteiger partial charge in [0.1, 0.15) is 0 Å². The monoisotopic (exact) mass is 344 g/mol. The molecule has 25 heavy (non-hydrogen) atoms. The number of piperidine rings is 1. The van der Waals surface area contributed by atoms with E-state index in [4.69, 9.17) is 0 Å². The second-order valence-corrected chi connectivity index (χ2v) is 7.07. The minimum absolute atomic E-state index is 0.0117. The molecule has 3 rings (SSSR count). The van der Waals surface area contributed by atoms with E-state index in [0.717, 1.165) is 6.42 Å². The number of amides is 3. The first-order valence-electron chi connectivity index (χ1n) is 8.62. The molecule has 2 aliphatic heterocycles. The molecule has 0 N–H and O–H groups in total. The lowest BCUT2D eigenvalue weighted by molar-refractivity contribution is -0.142. The molecule has 0 bridgehead atoms. The second kappa shape index (κ2) is 6.82. The molecule has 7 nitrogen and oxygen atoms in total. The average molecular weight is 344 g/mol. The summed E-state index contributed by atoms with van der Waals surface area (Å²) in [6.45, 7) is 1.91. The summed E-state index contributed by atoms with van der Waals surface area (Å²) in [5.74, 6) is -0.00301. The van der Waals surface area contributed by atoms with Crippen LogP contribution in [0, 0.1) is 5.41 Å². The molecule has 0 atom stereocenters. The Morgan fingerprint density at radius 3 is 2.32 bits per heavy atom. The van der Waals surface area contributed by atoms with Gasteiger partial charge in [-0.3, -0.25) is 19.4 Å². The van der Waals surface area contributed by atoms with Crippen LogP contribution in [0.25, 0.3) is 0 Å². The van der Waals surface area contributed by atoms with Crippen LogP contribution in [0.3, 0.4) is 0 Å². The highest BCUT2D eigenvalue weighted by Gasteiger charge is 2.48. The lowest BCUT2D eigenvalue weighted by Crippen LogP contribution is -2.47. The molecule has 2 saturated heterocycles. The number of carbonyl (C=O) groups is 3. The Hall–Kier alpha value is -2.44. The fraction of sp³-hybridized carbons (Fsp3) is 0.556. The number of nitrogens with zero attached hydrogens (tertiary/aromatic N) is 4. The van der Waals surface area contributed by atoms with Crippen molar-refractivity contribution < 1.29 is 14.4 Å². The molecule has 0 radical (unpaired) electrons. The third-order valence-electron chi connectivity index (χ3n) is 5.36. The molecule has 1 aromatic rings. The van der Waals surface area contributed by atoms with Gasteiger partial charge in [0, 0.05) is 51.7 Å². The van der Waals surface area contributed by atoms with Crippen molar-refractivity contribution in [3.05, 3.63) is 30.1 Å². The number of likely N-dealkylation sites (tertiary alicyclic amines) is 2. The number of aromatic nitrogens is 1. The zero-order valence-electron chi connectivity index (χ0n) is 14.8. The van der Waals surface area contributed by atoms with Gasteiger partial charge in [0.2, 0.25) is 11.8 Å². The molecule has 0 saturated carbocycles. The molecule has 2 fully saturated rings. The highest BCUT2D eigenvalue weighted by atomic mass is 16.2. The van der Waals surface area contributed by atoms with E-state index in [9.17, 15) is 14.4 Å². The van der Waals surface area contributed by atoms with Gasteiger partial charge in [0.15, 0.2) is 0 Å². The number of likely N-dealkylation sites (N-methyl/N-ethyl adjacent to an activating group) is 1. The maximum Gasteiger partial charge on any atom is 0.253 e. The van der Waals surface area contributed by atoms with E-state index in [-0.39, 0.29) is 24.3 Å². The van der Waals surface area contributed by atoms with Crippen molar-refractivity contribution in [3.8, 4) is 0 Å². The summed E-state index contributed by atoms with van der Waals surface area (Å²) in [6.07, 6.45) is 5.31. The summed E-state index contributed by atoms with van der Waals surface area (Å²) < 4.78 is 0. The second-order valence-electron chi connectivity index (χ2n) is 7.07. The van der Waals surface area contributed by atoms with Crippen molar-refractivity contribution in [2.75, 3.05) is 40.3 Å². The summed E-state index contributed by atoms with van der Waals surface area (Å²) in [4.78, 5) is 46.2. The maximum atomic E-state index is 12.8. The third-order valence-corrected chi connectivity index (χ3v) is 5.36. The fourth-order valence-electron chi connectivity index (χ4n) is 3.63. The molecule has 3 heterocycles. The van der Waals surface area contributed by atoms with E-state index >= 15 is 0 Å². The Kier molecular flexibility index (Phi) is 4.74. The highest BCUT2D eigenvalue weighted by Crippen LogP contribution is 2.41. The standard InChI is InChI=1S/C18H24N4O3/c1-20(2)15(23)13-22-12-7-18(17(22)25)5-10-21(11-6-18)16(24)14-3-8-19-9-4-14/h3-4,8-9H,5-7,10-13H2,1-2H3. The van der Waals surface area contributed by atoms with Gasteiger partial charge in [-0.1, -0.05) is 0 Å². The number of rotatable bonds is 3. The van der Waals surface area contributed by atoms with Gasteiger partial charge in [-0.25, -0.2) is 0 Å². The van der Waals surface area contributed by atoms with Crippen molar-refractivity contribution in [2.45, 2.75) is 19.3 Å². The van der Waals surface area contributed by atoms with Crippen LogP contribution in [-0.2, 0) is 9.59 Å². The lowest BCUT2D eigenvalue weighted by atomic mass is 9.77. The van der Waals surface area contributed by atoms with Crippen LogP contribution in [0.2, 0.25) is 0 Å². The minimum atomic E-state index is -0.401. The van der Waals surface area contributed by atoms with Crippen molar-refractivity contribution in [2.24, 2.45) is 5.41 Å². The van der Waals surface area contributed by atoms with Gasteiger partial charge in [0.05, 0.1) is 12.0 Å². The lowest BCUT2D eigenvalue weighted by Gasteiger charge is -2.38. The van der Waals surface area contributed by atoms with Crippen molar-refractivity contribution in [1.29, 1.82) is 0 Å². The van der Waals surface area contributed by atoms with Crippen molar-refractivity contribution >= 4 is 17.7 Å². The van der Waals surface area contributed by atoms with Crippen LogP contribution < -0.4 is 0 Å². The van der Waals surface area contributed by atoms with Crippen LogP contribution in [0.4, 0.5) is 0 Å². The Bertz CT molecular complexity index is 666. The molecule has 0 unspecified atom stereocenters. The molecule has 2 aliphatic rings. The molecular weight excluding hydrogens is 320 g/mol. The SMILES string of the molecule is CN(C)C(=O)CN1CCC2(CCN(C(=O)c3ccncc3)CC2)C1=O. The first-order valence-corrected chi connectivity index (χ1v) is 8.62. The first kappa shape index (κ1) is 17.4. The van der Waals surface area contributed by atoms with Crippen LogP contribution in [0.1, 0.15) is 29.6 Å². The molecule has 1 spiro atoms. The van der Waals surface area contributed by atoms with Crippen LogP contribution >= 0.6 is 0 Å². The predicted molar refractivity (Wildman–Crippen MR) is 91.7 cm³/mol. The zero-order chi connectivity index (χ0) is 18.0. The Morgan fingerprint density at radius 2 is 1.72 bits per heavy atom. The van der Waals surface area contributed by atoms with Crippen molar-refractivity contribution in [1.82, 2.24) is 19.7 Å². The van der Waals surface area contributed by atoms with E-state index in [1.54, 1.807) is 43.5 Å². The molecule has 3 amide bonds. The summed E-state index contributed by atoms with van der Waals surface area (Å²) in [6, 6.07) is 3.42. The summed E-state index contributed by atoms with van der Waals surface area (Å²) in [7, 11) is 3.39. The van der Waals surface area contributed by atoms with Gasteiger partial charge >= 0.3 is 0 Å². The van der Waals surface area contributed by atoms with Crippen LogP contribution in [0.5, 0.6) is 0 Å². The van der Waals surface area contributed by atoms with Crippen LogP contribution in [-0.4, -0.2) is 77.7 Å². The van der Waals surface area contributed by atoms with Crippen LogP contribution in [0.15, 0.2) is 24.5 Å². The van der Waals surface area contributed by atoms with Gasteiger partial charge in [-0.15, -0.1) is 0 Å². The predicted octanol–water partition coefficient (Wildman–Crippen LogP) is 0.624. The zero-order valence-corrected chi connectivity index (χ0v) is 14.8. The first-order chi connectivity index (χ1) is 11.9. The van der Waals surface area contributed by atoms with E-state index < -0.39 is 5.41 Å². The Morgan fingerprint density at radius 1 is 1.12 bits per heavy atom. The van der Waals surface area contributed by atoms with Gasteiger partial charge in [-0.2, -0.15) is 0 Å².